The molecule has 0 unspecified atom stereocenters. The lowest BCUT2D eigenvalue weighted by atomic mass is 10.1. The molecule has 2 heterocycles. The number of carbonyl (C=O) groups excluding carboxylic acids is 2. The predicted octanol–water partition coefficient (Wildman–Crippen LogP) is 2.50. The van der Waals surface area contributed by atoms with Crippen molar-refractivity contribution in [2.75, 3.05) is 11.4 Å². The third kappa shape index (κ3) is 1.74. The molecular formula is C16H13BrN2O3. The summed E-state index contributed by atoms with van der Waals surface area (Å²) in [4.78, 5) is 27.9. The highest BCUT2D eigenvalue weighted by Crippen LogP contribution is 2.37. The molecule has 2 aliphatic heterocycles. The molecular weight excluding hydrogens is 348 g/mol. The highest BCUT2D eigenvalue weighted by molar-refractivity contribution is 9.10. The second kappa shape index (κ2) is 4.79. The molecule has 22 heavy (non-hydrogen) atoms. The summed E-state index contributed by atoms with van der Waals surface area (Å²) in [6.07, 6.45) is -0.319. The normalized spacial score (nSPS) is 24.5. The number of amides is 3. The molecule has 0 aliphatic carbocycles. The molecule has 0 radical (unpaired) electrons. The van der Waals surface area contributed by atoms with Gasteiger partial charge in [-0.15, -0.1) is 0 Å². The van der Waals surface area contributed by atoms with Gasteiger partial charge in [0.05, 0.1) is 11.8 Å². The van der Waals surface area contributed by atoms with Crippen LogP contribution in [-0.2, 0) is 4.79 Å². The van der Waals surface area contributed by atoms with E-state index in [4.69, 9.17) is 0 Å². The number of carbonyl (C=O) groups is 2. The first-order valence-corrected chi connectivity index (χ1v) is 7.89. The second-order valence-electron chi connectivity index (χ2n) is 5.56. The maximum atomic E-state index is 12.6. The first kappa shape index (κ1) is 13.7. The maximum absolute atomic E-state index is 12.6. The molecule has 0 bridgehead atoms. The highest BCUT2D eigenvalue weighted by atomic mass is 79.9. The van der Waals surface area contributed by atoms with Crippen LogP contribution in [0.4, 0.5) is 10.5 Å². The Morgan fingerprint density at radius 2 is 1.82 bits per heavy atom. The van der Waals surface area contributed by atoms with Gasteiger partial charge in [-0.1, -0.05) is 40.2 Å². The SMILES string of the molecule is O=C1[C@H]2[C@@H](O)CCN2C(=O)N1c1ccc(Br)c2ccccc12. The molecule has 0 spiro atoms. The Morgan fingerprint density at radius 1 is 1.09 bits per heavy atom. The summed E-state index contributed by atoms with van der Waals surface area (Å²) in [7, 11) is 0. The molecule has 1 N–H and O–H groups in total. The minimum Gasteiger partial charge on any atom is -0.390 e. The van der Waals surface area contributed by atoms with E-state index in [9.17, 15) is 14.7 Å². The summed E-state index contributed by atoms with van der Waals surface area (Å²) < 4.78 is 0.909. The van der Waals surface area contributed by atoms with E-state index in [1.54, 1.807) is 6.07 Å². The predicted molar refractivity (Wildman–Crippen MR) is 85.6 cm³/mol. The van der Waals surface area contributed by atoms with Crippen molar-refractivity contribution in [1.29, 1.82) is 0 Å². The topological polar surface area (TPSA) is 60.9 Å². The third-order valence-corrected chi connectivity index (χ3v) is 5.06. The molecule has 0 saturated carbocycles. The molecule has 2 fully saturated rings. The van der Waals surface area contributed by atoms with E-state index >= 15 is 0 Å². The number of anilines is 1. The van der Waals surface area contributed by atoms with Crippen molar-refractivity contribution in [2.45, 2.75) is 18.6 Å². The lowest BCUT2D eigenvalue weighted by Gasteiger charge is -2.18. The Balaban J connectivity index is 1.88. The molecule has 3 amide bonds. The molecule has 2 atom stereocenters. The Labute approximate surface area is 135 Å². The van der Waals surface area contributed by atoms with Crippen molar-refractivity contribution in [1.82, 2.24) is 4.90 Å². The fourth-order valence-corrected chi connectivity index (χ4v) is 3.78. The zero-order chi connectivity index (χ0) is 15.4. The van der Waals surface area contributed by atoms with E-state index in [0.717, 1.165) is 15.2 Å². The van der Waals surface area contributed by atoms with Gasteiger partial charge in [-0.05, 0) is 23.9 Å². The largest absolute Gasteiger partial charge is 0.390 e. The first-order chi connectivity index (χ1) is 10.6. The van der Waals surface area contributed by atoms with Crippen molar-refractivity contribution in [3.05, 3.63) is 40.9 Å². The number of benzene rings is 2. The van der Waals surface area contributed by atoms with Crippen LogP contribution in [0.25, 0.3) is 10.8 Å². The van der Waals surface area contributed by atoms with Crippen LogP contribution in [0.3, 0.4) is 0 Å². The first-order valence-electron chi connectivity index (χ1n) is 7.09. The molecule has 2 aromatic rings. The number of hydrogen-bond donors (Lipinski definition) is 1. The van der Waals surface area contributed by atoms with E-state index < -0.39 is 12.1 Å². The number of nitrogens with zero attached hydrogens (tertiary/aromatic N) is 2. The zero-order valence-electron chi connectivity index (χ0n) is 11.6. The lowest BCUT2D eigenvalue weighted by Crippen LogP contribution is -2.36. The summed E-state index contributed by atoms with van der Waals surface area (Å²) in [6, 6.07) is 10.1. The summed E-state index contributed by atoms with van der Waals surface area (Å²) in [5.41, 5.74) is 0.565. The average Bonchev–Trinajstić information content (AvgIpc) is 3.02. The molecule has 6 heteroatoms. The quantitative estimate of drug-likeness (QED) is 0.794. The van der Waals surface area contributed by atoms with Gasteiger partial charge in [0.2, 0.25) is 0 Å². The van der Waals surface area contributed by atoms with Gasteiger partial charge in [0.15, 0.2) is 0 Å². The molecule has 4 rings (SSSR count). The van der Waals surface area contributed by atoms with Gasteiger partial charge in [-0.3, -0.25) is 4.79 Å². The number of halogens is 1. The van der Waals surface area contributed by atoms with Crippen LogP contribution >= 0.6 is 15.9 Å². The molecule has 2 saturated heterocycles. The van der Waals surface area contributed by atoms with Crippen LogP contribution in [0.15, 0.2) is 40.9 Å². The smallest absolute Gasteiger partial charge is 0.332 e. The van der Waals surface area contributed by atoms with Gasteiger partial charge in [0, 0.05) is 16.4 Å². The van der Waals surface area contributed by atoms with Gasteiger partial charge < -0.3 is 10.0 Å². The van der Waals surface area contributed by atoms with E-state index in [1.165, 1.54) is 9.80 Å². The number of fused-ring (bicyclic) bond motifs is 2. The molecule has 112 valence electrons. The Bertz CT molecular complexity index is 807. The van der Waals surface area contributed by atoms with Crippen LogP contribution in [-0.4, -0.2) is 40.6 Å². The van der Waals surface area contributed by atoms with Crippen molar-refractivity contribution in [2.24, 2.45) is 0 Å². The second-order valence-corrected chi connectivity index (χ2v) is 6.42. The van der Waals surface area contributed by atoms with Gasteiger partial charge >= 0.3 is 6.03 Å². The fraction of sp³-hybridized carbons (Fsp3) is 0.250. The number of urea groups is 1. The summed E-state index contributed by atoms with van der Waals surface area (Å²) in [6.45, 7) is 0.418. The van der Waals surface area contributed by atoms with Gasteiger partial charge in [0.1, 0.15) is 6.04 Å². The molecule has 0 aromatic heterocycles. The lowest BCUT2D eigenvalue weighted by molar-refractivity contribution is -0.121. The number of aliphatic hydroxyl groups is 1. The molecule has 5 nitrogen and oxygen atoms in total. The zero-order valence-corrected chi connectivity index (χ0v) is 13.2. The molecule has 2 aliphatic rings. The van der Waals surface area contributed by atoms with Gasteiger partial charge in [-0.25, -0.2) is 9.69 Å². The minimum atomic E-state index is -0.775. The summed E-state index contributed by atoms with van der Waals surface area (Å²) >= 11 is 3.49. The van der Waals surface area contributed by atoms with Crippen LogP contribution in [0.5, 0.6) is 0 Å². The standard InChI is InChI=1S/C16H13BrN2O3/c17-11-5-6-12(10-4-2-1-3-9(10)11)19-15(21)14-13(20)7-8-18(14)16(19)22/h1-6,13-14,20H,7-8H2/t13-,14+/m0/s1. The van der Waals surface area contributed by atoms with Crippen LogP contribution < -0.4 is 4.90 Å². The third-order valence-electron chi connectivity index (χ3n) is 4.37. The number of rotatable bonds is 1. The number of aliphatic hydroxyl groups excluding tert-OH is 1. The van der Waals surface area contributed by atoms with Crippen LogP contribution in [0, 0.1) is 0 Å². The van der Waals surface area contributed by atoms with E-state index in [1.807, 2.05) is 30.3 Å². The van der Waals surface area contributed by atoms with Gasteiger partial charge in [-0.2, -0.15) is 0 Å². The fourth-order valence-electron chi connectivity index (χ4n) is 3.31. The number of hydrogen-bond acceptors (Lipinski definition) is 3. The Hall–Kier alpha value is -1.92. The Morgan fingerprint density at radius 3 is 2.55 bits per heavy atom. The van der Waals surface area contributed by atoms with Gasteiger partial charge in [0.25, 0.3) is 5.91 Å². The summed E-state index contributed by atoms with van der Waals surface area (Å²) in [5.74, 6) is -0.345. The minimum absolute atomic E-state index is 0.345. The van der Waals surface area contributed by atoms with Crippen molar-refractivity contribution in [3.8, 4) is 0 Å². The van der Waals surface area contributed by atoms with Crippen LogP contribution in [0.2, 0.25) is 0 Å². The monoisotopic (exact) mass is 360 g/mol. The number of imide groups is 1. The van der Waals surface area contributed by atoms with E-state index in [2.05, 4.69) is 15.9 Å². The van der Waals surface area contributed by atoms with Crippen molar-refractivity contribution >= 4 is 44.3 Å². The maximum Gasteiger partial charge on any atom is 0.332 e. The Kier molecular flexibility index (Phi) is 2.99. The average molecular weight is 361 g/mol. The van der Waals surface area contributed by atoms with E-state index in [0.29, 0.717) is 18.7 Å². The summed E-state index contributed by atoms with van der Waals surface area (Å²) in [5, 5.41) is 11.7. The van der Waals surface area contributed by atoms with Crippen molar-refractivity contribution in [3.63, 3.8) is 0 Å². The van der Waals surface area contributed by atoms with Crippen LogP contribution in [0.1, 0.15) is 6.42 Å². The highest BCUT2D eigenvalue weighted by Gasteiger charge is 2.52. The molecule has 2 aromatic carbocycles. The van der Waals surface area contributed by atoms with E-state index in [-0.39, 0.29) is 11.9 Å². The van der Waals surface area contributed by atoms with Crippen molar-refractivity contribution < 1.29 is 14.7 Å².